The Labute approximate surface area is 178 Å². The second-order valence-electron chi connectivity index (χ2n) is 6.49. The van der Waals surface area contributed by atoms with Gasteiger partial charge in [0.15, 0.2) is 11.1 Å². The maximum atomic E-state index is 14.3. The first-order chi connectivity index (χ1) is 14.9. The summed E-state index contributed by atoms with van der Waals surface area (Å²) in [6, 6.07) is 15.1. The summed E-state index contributed by atoms with van der Waals surface area (Å²) in [5.41, 5.74) is 0.657. The molecule has 0 radical (unpaired) electrons. The number of hydrogen-bond acceptors (Lipinski definition) is 5. The van der Waals surface area contributed by atoms with Crippen molar-refractivity contribution in [3.8, 4) is 11.1 Å². The molecule has 0 bridgehead atoms. The van der Waals surface area contributed by atoms with Crippen molar-refractivity contribution < 1.29 is 19.1 Å². The van der Waals surface area contributed by atoms with Crippen molar-refractivity contribution in [3.05, 3.63) is 82.5 Å². The number of carboxylic acid groups (broad SMARTS) is 1. The van der Waals surface area contributed by atoms with Crippen molar-refractivity contribution in [2.24, 2.45) is 0 Å². The van der Waals surface area contributed by atoms with Crippen LogP contribution < -0.4 is 10.7 Å². The fourth-order valence-corrected chi connectivity index (χ4v) is 4.04. The second-order valence-corrected chi connectivity index (χ2v) is 7.58. The Morgan fingerprint density at radius 2 is 1.90 bits per heavy atom. The van der Waals surface area contributed by atoms with Crippen LogP contribution in [0, 0.1) is 5.82 Å². The van der Waals surface area contributed by atoms with Crippen molar-refractivity contribution in [1.29, 1.82) is 0 Å². The zero-order chi connectivity index (χ0) is 22.0. The lowest BCUT2D eigenvalue weighted by molar-refractivity contribution is -0.135. The molecular formula is C21H15FN4O4S. The smallest absolute Gasteiger partial charge is 0.322 e. The Kier molecular flexibility index (Phi) is 5.54. The van der Waals surface area contributed by atoms with Gasteiger partial charge in [-0.15, -0.1) is 0 Å². The van der Waals surface area contributed by atoms with Crippen LogP contribution in [0.4, 0.5) is 4.39 Å². The minimum atomic E-state index is -1.24. The lowest BCUT2D eigenvalue weighted by atomic mass is 10.1. The molecule has 31 heavy (non-hydrogen) atoms. The largest absolute Gasteiger partial charge is 0.480 e. The van der Waals surface area contributed by atoms with Gasteiger partial charge in [0.2, 0.25) is 0 Å². The zero-order valence-corrected chi connectivity index (χ0v) is 16.6. The van der Waals surface area contributed by atoms with Gasteiger partial charge in [0, 0.05) is 11.0 Å². The van der Waals surface area contributed by atoms with E-state index in [0.717, 1.165) is 17.3 Å². The lowest BCUT2D eigenvalue weighted by Gasteiger charge is -2.09. The average Bonchev–Trinajstić information content (AvgIpc) is 3.22. The molecule has 0 fully saturated rings. The Bertz CT molecular complexity index is 1350. The summed E-state index contributed by atoms with van der Waals surface area (Å²) in [6.45, 7) is -0.628. The fourth-order valence-electron chi connectivity index (χ4n) is 3.04. The summed E-state index contributed by atoms with van der Waals surface area (Å²) in [5.74, 6) is -2.51. The molecule has 0 aliphatic rings. The number of nitrogens with zero attached hydrogens (tertiary/aromatic N) is 2. The number of H-pyrrole nitrogens is 1. The summed E-state index contributed by atoms with van der Waals surface area (Å²) in [4.78, 5) is 40.2. The second kappa shape index (κ2) is 8.44. The first kappa shape index (κ1) is 20.4. The van der Waals surface area contributed by atoms with E-state index in [1.807, 2.05) is 30.3 Å². The Hall–Kier alpha value is -3.92. The van der Waals surface area contributed by atoms with Crippen LogP contribution in [0.2, 0.25) is 0 Å². The van der Waals surface area contributed by atoms with Crippen LogP contribution >= 0.6 is 11.8 Å². The number of nitrogens with one attached hydrogen (secondary N) is 2. The quantitative estimate of drug-likeness (QED) is 0.426. The average molecular weight is 438 g/mol. The summed E-state index contributed by atoms with van der Waals surface area (Å²) >= 11 is 1.12. The Morgan fingerprint density at radius 3 is 2.65 bits per heavy atom. The molecule has 4 aromatic rings. The molecule has 156 valence electrons. The number of carboxylic acids is 1. The number of benzene rings is 2. The normalized spacial score (nSPS) is 10.9. The van der Waals surface area contributed by atoms with Gasteiger partial charge in [-0.25, -0.2) is 13.9 Å². The fraction of sp³-hybridized carbons (Fsp3) is 0.0476. The number of aliphatic carboxylic acids is 1. The molecule has 1 amide bonds. The van der Waals surface area contributed by atoms with Gasteiger partial charge >= 0.3 is 5.97 Å². The van der Waals surface area contributed by atoms with E-state index in [1.54, 1.807) is 6.07 Å². The van der Waals surface area contributed by atoms with E-state index in [9.17, 15) is 18.8 Å². The highest BCUT2D eigenvalue weighted by Crippen LogP contribution is 2.32. The summed E-state index contributed by atoms with van der Waals surface area (Å²) in [6.07, 6.45) is 1.30. The van der Waals surface area contributed by atoms with Crippen molar-refractivity contribution in [2.45, 2.75) is 9.92 Å². The summed E-state index contributed by atoms with van der Waals surface area (Å²) < 4.78 is 15.7. The van der Waals surface area contributed by atoms with Gasteiger partial charge in [-0.05, 0) is 29.3 Å². The third kappa shape index (κ3) is 4.33. The van der Waals surface area contributed by atoms with Crippen LogP contribution in [-0.2, 0) is 4.79 Å². The highest BCUT2D eigenvalue weighted by atomic mass is 32.2. The van der Waals surface area contributed by atoms with E-state index in [4.69, 9.17) is 5.11 Å². The van der Waals surface area contributed by atoms with Gasteiger partial charge in [0.1, 0.15) is 29.3 Å². The number of carbonyl (C=O) groups excluding carboxylic acids is 1. The molecule has 0 aliphatic heterocycles. The van der Waals surface area contributed by atoms with Crippen LogP contribution in [0.5, 0.6) is 0 Å². The van der Waals surface area contributed by atoms with Gasteiger partial charge in [0.25, 0.3) is 5.91 Å². The van der Waals surface area contributed by atoms with Gasteiger partial charge in [0.05, 0.1) is 0 Å². The molecule has 2 aromatic heterocycles. The Morgan fingerprint density at radius 1 is 1.13 bits per heavy atom. The summed E-state index contributed by atoms with van der Waals surface area (Å²) in [7, 11) is 0. The maximum absolute atomic E-state index is 14.3. The lowest BCUT2D eigenvalue weighted by Crippen LogP contribution is -2.33. The van der Waals surface area contributed by atoms with Crippen LogP contribution in [0.1, 0.15) is 10.4 Å². The number of aromatic nitrogens is 3. The minimum Gasteiger partial charge on any atom is -0.480 e. The molecule has 4 rings (SSSR count). The van der Waals surface area contributed by atoms with Gasteiger partial charge in [-0.3, -0.25) is 19.5 Å². The van der Waals surface area contributed by atoms with Gasteiger partial charge in [-0.2, -0.15) is 0 Å². The maximum Gasteiger partial charge on any atom is 0.322 e. The number of pyridine rings is 1. The molecule has 2 aromatic carbocycles. The molecule has 2 heterocycles. The molecule has 10 heteroatoms. The topological polar surface area (TPSA) is 117 Å². The van der Waals surface area contributed by atoms with Gasteiger partial charge in [-0.1, -0.05) is 42.1 Å². The number of halogens is 1. The number of hydrogen-bond donors (Lipinski definition) is 3. The van der Waals surface area contributed by atoms with E-state index >= 15 is 0 Å². The first-order valence-corrected chi connectivity index (χ1v) is 9.87. The number of carbonyl (C=O) groups is 2. The molecule has 3 N–H and O–H groups in total. The van der Waals surface area contributed by atoms with E-state index in [2.05, 4.69) is 15.4 Å². The van der Waals surface area contributed by atoms with Crippen LogP contribution in [0.3, 0.4) is 0 Å². The third-order valence-electron chi connectivity index (χ3n) is 4.36. The van der Waals surface area contributed by atoms with Crippen LogP contribution in [0.25, 0.3) is 16.8 Å². The molecule has 0 spiro atoms. The van der Waals surface area contributed by atoms with E-state index in [0.29, 0.717) is 15.5 Å². The number of amides is 1. The summed E-state index contributed by atoms with van der Waals surface area (Å²) in [5, 5.41) is 14.1. The first-order valence-electron chi connectivity index (χ1n) is 9.05. The molecule has 0 atom stereocenters. The molecule has 8 nitrogen and oxygen atoms in total. The molecule has 0 unspecified atom stereocenters. The van der Waals surface area contributed by atoms with Crippen LogP contribution in [0.15, 0.2) is 75.6 Å². The number of fused-ring (bicyclic) bond motifs is 1. The number of rotatable bonds is 6. The standard InChI is InChI=1S/C21H15FN4O4S/c22-14-6-13(12-4-2-1-3-5-12)7-15(8-14)31-17-9-16(27)19(20-24-11-25-26(17)20)21(30)23-10-18(28)29/h1-9,11H,10H2,(H,23,30)(H,24,25)(H,28,29). The predicted octanol–water partition coefficient (Wildman–Crippen LogP) is 2.79. The molecule has 0 saturated carbocycles. The van der Waals surface area contributed by atoms with Crippen molar-refractivity contribution in [2.75, 3.05) is 6.54 Å². The minimum absolute atomic E-state index is 0.0394. The van der Waals surface area contributed by atoms with Crippen LogP contribution in [-0.4, -0.2) is 38.1 Å². The SMILES string of the molecule is O=C(O)CNC(=O)c1c(=O)cc(Sc2cc(F)cc(-c3ccccc3)c2)n2[nH]cnc12. The van der Waals surface area contributed by atoms with Crippen molar-refractivity contribution in [1.82, 2.24) is 19.9 Å². The molecule has 0 aliphatic carbocycles. The van der Waals surface area contributed by atoms with E-state index in [-0.39, 0.29) is 11.2 Å². The zero-order valence-electron chi connectivity index (χ0n) is 15.8. The van der Waals surface area contributed by atoms with Gasteiger partial charge < -0.3 is 10.4 Å². The highest BCUT2D eigenvalue weighted by molar-refractivity contribution is 7.99. The third-order valence-corrected chi connectivity index (χ3v) is 5.34. The van der Waals surface area contributed by atoms with Crippen molar-refractivity contribution in [3.63, 3.8) is 0 Å². The van der Waals surface area contributed by atoms with Crippen molar-refractivity contribution >= 4 is 29.3 Å². The van der Waals surface area contributed by atoms with E-state index in [1.165, 1.54) is 29.0 Å². The number of aromatic amines is 1. The monoisotopic (exact) mass is 438 g/mol. The highest BCUT2D eigenvalue weighted by Gasteiger charge is 2.20. The molecular weight excluding hydrogens is 423 g/mol. The molecule has 0 saturated heterocycles. The Balaban J connectivity index is 1.72. The van der Waals surface area contributed by atoms with E-state index < -0.39 is 29.7 Å². The predicted molar refractivity (Wildman–Crippen MR) is 112 cm³/mol.